The van der Waals surface area contributed by atoms with Gasteiger partial charge in [-0.1, -0.05) is 17.7 Å². The summed E-state index contributed by atoms with van der Waals surface area (Å²) >= 11 is 0. The lowest BCUT2D eigenvalue weighted by molar-refractivity contribution is -0.231. The van der Waals surface area contributed by atoms with E-state index in [1.54, 1.807) is 19.1 Å². The number of esters is 1. The van der Waals surface area contributed by atoms with Crippen LogP contribution in [0.15, 0.2) is 45.6 Å². The number of ether oxygens (including phenoxy) is 2. The first-order chi connectivity index (χ1) is 17.5. The minimum absolute atomic E-state index is 0.0413. The van der Waals surface area contributed by atoms with Gasteiger partial charge in [0.15, 0.2) is 11.5 Å². The average Bonchev–Trinajstić information content (AvgIpc) is 2.82. The van der Waals surface area contributed by atoms with Crippen LogP contribution in [0.4, 0.5) is 0 Å². The SMILES string of the molecule is CC(=O)Cc1cc(=O)c2c(C)cc(O)c([C@@H]3O[C@H](CO)[C@@H](O)[C@H](O)[C@H]3OC(=O)c3ccc(C)cc3)c2o1. The largest absolute Gasteiger partial charge is 0.507 e. The summed E-state index contributed by atoms with van der Waals surface area (Å²) in [4.78, 5) is 37.6. The number of phenols is 1. The monoisotopic (exact) mass is 512 g/mol. The highest BCUT2D eigenvalue weighted by Crippen LogP contribution is 2.42. The molecule has 0 saturated carbocycles. The molecule has 1 fully saturated rings. The Morgan fingerprint density at radius 2 is 1.73 bits per heavy atom. The Kier molecular flexibility index (Phi) is 7.47. The molecule has 196 valence electrons. The number of carbonyl (C=O) groups is 2. The van der Waals surface area contributed by atoms with Crippen LogP contribution in [0.2, 0.25) is 0 Å². The van der Waals surface area contributed by atoms with E-state index in [0.29, 0.717) is 5.56 Å². The van der Waals surface area contributed by atoms with Crippen LogP contribution in [0.3, 0.4) is 0 Å². The first-order valence-corrected chi connectivity index (χ1v) is 11.7. The Morgan fingerprint density at radius 1 is 1.05 bits per heavy atom. The van der Waals surface area contributed by atoms with E-state index in [-0.39, 0.29) is 40.1 Å². The summed E-state index contributed by atoms with van der Waals surface area (Å²) in [6.45, 7) is 4.05. The molecule has 0 bridgehead atoms. The van der Waals surface area contributed by atoms with Crippen LogP contribution < -0.4 is 5.43 Å². The van der Waals surface area contributed by atoms with E-state index in [0.717, 1.165) is 5.56 Å². The molecular weight excluding hydrogens is 484 g/mol. The normalized spacial score (nSPS) is 23.7. The van der Waals surface area contributed by atoms with Crippen LogP contribution in [0, 0.1) is 13.8 Å². The summed E-state index contributed by atoms with van der Waals surface area (Å²) < 4.78 is 17.3. The fourth-order valence-electron chi connectivity index (χ4n) is 4.52. The zero-order valence-corrected chi connectivity index (χ0v) is 20.5. The third-order valence-corrected chi connectivity index (χ3v) is 6.37. The molecule has 1 saturated heterocycles. The van der Waals surface area contributed by atoms with Crippen molar-refractivity contribution in [3.05, 3.63) is 74.6 Å². The third-order valence-electron chi connectivity index (χ3n) is 6.37. The number of hydrogen-bond donors (Lipinski definition) is 4. The van der Waals surface area contributed by atoms with Gasteiger partial charge in [0, 0.05) is 6.07 Å². The maximum Gasteiger partial charge on any atom is 0.338 e. The molecule has 2 heterocycles. The van der Waals surface area contributed by atoms with Gasteiger partial charge in [-0.15, -0.1) is 0 Å². The number of aromatic hydroxyl groups is 1. The fraction of sp³-hybridized carbons (Fsp3) is 0.370. The smallest absolute Gasteiger partial charge is 0.338 e. The van der Waals surface area contributed by atoms with Crippen LogP contribution in [-0.4, -0.2) is 63.2 Å². The average molecular weight is 513 g/mol. The molecule has 5 atom stereocenters. The summed E-state index contributed by atoms with van der Waals surface area (Å²) in [6.07, 6.45) is -7.87. The highest BCUT2D eigenvalue weighted by atomic mass is 16.6. The first-order valence-electron chi connectivity index (χ1n) is 11.7. The summed E-state index contributed by atoms with van der Waals surface area (Å²) in [6, 6.07) is 8.94. The lowest BCUT2D eigenvalue weighted by Crippen LogP contribution is -2.56. The number of rotatable bonds is 6. The van der Waals surface area contributed by atoms with Crippen molar-refractivity contribution in [2.24, 2.45) is 0 Å². The van der Waals surface area contributed by atoms with Crippen LogP contribution in [0.25, 0.3) is 11.0 Å². The van der Waals surface area contributed by atoms with Gasteiger partial charge >= 0.3 is 5.97 Å². The fourth-order valence-corrected chi connectivity index (χ4v) is 4.52. The second-order valence-electron chi connectivity index (χ2n) is 9.28. The summed E-state index contributed by atoms with van der Waals surface area (Å²) in [5.41, 5.74) is 0.729. The predicted molar refractivity (Wildman–Crippen MR) is 130 cm³/mol. The van der Waals surface area contributed by atoms with E-state index in [9.17, 15) is 34.8 Å². The highest BCUT2D eigenvalue weighted by molar-refractivity contribution is 5.90. The molecule has 4 N–H and O–H groups in total. The maximum atomic E-state index is 12.9. The van der Waals surface area contributed by atoms with E-state index in [1.807, 2.05) is 6.92 Å². The van der Waals surface area contributed by atoms with Crippen molar-refractivity contribution in [2.45, 2.75) is 57.7 Å². The van der Waals surface area contributed by atoms with E-state index >= 15 is 0 Å². The van der Waals surface area contributed by atoms with E-state index in [4.69, 9.17) is 13.9 Å². The number of Topliss-reactive ketones (excluding diaryl/α,β-unsaturated/α-hetero) is 1. The van der Waals surface area contributed by atoms with Crippen molar-refractivity contribution in [1.29, 1.82) is 0 Å². The van der Waals surface area contributed by atoms with Gasteiger partial charge in [-0.25, -0.2) is 4.79 Å². The molecule has 0 radical (unpaired) electrons. The Hall–Kier alpha value is -3.57. The highest BCUT2D eigenvalue weighted by Gasteiger charge is 2.49. The minimum atomic E-state index is -1.73. The van der Waals surface area contributed by atoms with Crippen LogP contribution in [-0.2, 0) is 20.7 Å². The predicted octanol–water partition coefficient (Wildman–Crippen LogP) is 1.63. The number of aliphatic hydroxyl groups is 3. The number of fused-ring (bicyclic) bond motifs is 1. The Labute approximate surface area is 211 Å². The lowest BCUT2D eigenvalue weighted by Gasteiger charge is -2.42. The summed E-state index contributed by atoms with van der Waals surface area (Å²) in [5, 5.41) is 42.2. The van der Waals surface area contributed by atoms with Crippen molar-refractivity contribution in [3.63, 3.8) is 0 Å². The van der Waals surface area contributed by atoms with Gasteiger partial charge in [-0.05, 0) is 44.5 Å². The van der Waals surface area contributed by atoms with E-state index in [2.05, 4.69) is 0 Å². The molecular formula is C27H28O10. The molecule has 0 unspecified atom stereocenters. The molecule has 10 nitrogen and oxygen atoms in total. The molecule has 1 aliphatic rings. The third kappa shape index (κ3) is 5.14. The van der Waals surface area contributed by atoms with Crippen LogP contribution in [0.5, 0.6) is 5.75 Å². The number of hydrogen-bond acceptors (Lipinski definition) is 10. The number of carbonyl (C=O) groups excluding carboxylic acids is 2. The first kappa shape index (κ1) is 26.5. The quantitative estimate of drug-likeness (QED) is 0.357. The summed E-state index contributed by atoms with van der Waals surface area (Å²) in [5.74, 6) is -1.45. The Morgan fingerprint density at radius 3 is 2.35 bits per heavy atom. The lowest BCUT2D eigenvalue weighted by atomic mass is 9.89. The Balaban J connectivity index is 1.88. The van der Waals surface area contributed by atoms with Crippen molar-refractivity contribution >= 4 is 22.7 Å². The van der Waals surface area contributed by atoms with Gasteiger partial charge in [0.05, 0.1) is 29.5 Å². The standard InChI is InChI=1S/C27H28O10/c1-12-4-6-15(7-5-12)27(34)37-26-23(33)22(32)19(11-28)36-25(26)21-17(30)8-13(2)20-18(31)10-16(9-14(3)29)35-24(20)21/h4-8,10,19,22-23,25-26,28,30,32-33H,9,11H2,1-3H3/t19-,22-,23+,25+,26-/m1/s1. The zero-order chi connectivity index (χ0) is 27.0. The number of aryl methyl sites for hydroxylation is 2. The molecule has 0 aliphatic carbocycles. The topological polar surface area (TPSA) is 164 Å². The van der Waals surface area contributed by atoms with Gasteiger partial charge in [-0.3, -0.25) is 9.59 Å². The molecule has 3 aromatic rings. The molecule has 10 heteroatoms. The minimum Gasteiger partial charge on any atom is -0.507 e. The second kappa shape index (κ2) is 10.4. The molecule has 0 amide bonds. The zero-order valence-electron chi connectivity index (χ0n) is 20.5. The van der Waals surface area contributed by atoms with Gasteiger partial charge in [-0.2, -0.15) is 0 Å². The van der Waals surface area contributed by atoms with Crippen molar-refractivity contribution in [3.8, 4) is 5.75 Å². The van der Waals surface area contributed by atoms with Crippen molar-refractivity contribution < 1.29 is 43.9 Å². The number of ketones is 1. The van der Waals surface area contributed by atoms with Crippen molar-refractivity contribution in [1.82, 2.24) is 0 Å². The number of aliphatic hydroxyl groups excluding tert-OH is 3. The van der Waals surface area contributed by atoms with Gasteiger partial charge < -0.3 is 34.3 Å². The van der Waals surface area contributed by atoms with Gasteiger partial charge in [0.2, 0.25) is 0 Å². The maximum absolute atomic E-state index is 12.9. The van der Waals surface area contributed by atoms with Crippen LogP contribution in [0.1, 0.15) is 45.8 Å². The van der Waals surface area contributed by atoms with Gasteiger partial charge in [0.25, 0.3) is 0 Å². The van der Waals surface area contributed by atoms with E-state index in [1.165, 1.54) is 31.2 Å². The Bertz CT molecular complexity index is 1390. The summed E-state index contributed by atoms with van der Waals surface area (Å²) in [7, 11) is 0. The molecule has 1 aromatic heterocycles. The van der Waals surface area contributed by atoms with Gasteiger partial charge in [0.1, 0.15) is 47.3 Å². The van der Waals surface area contributed by atoms with Crippen molar-refractivity contribution in [2.75, 3.05) is 6.61 Å². The molecule has 1 aliphatic heterocycles. The molecule has 0 spiro atoms. The molecule has 4 rings (SSSR count). The van der Waals surface area contributed by atoms with E-state index < -0.39 is 54.3 Å². The number of benzene rings is 2. The second-order valence-corrected chi connectivity index (χ2v) is 9.28. The molecule has 2 aromatic carbocycles. The van der Waals surface area contributed by atoms with Crippen LogP contribution >= 0.6 is 0 Å². The number of phenolic OH excluding ortho intramolecular Hbond substituents is 1. The molecule has 37 heavy (non-hydrogen) atoms.